The van der Waals surface area contributed by atoms with E-state index in [0.717, 1.165) is 31.2 Å². The van der Waals surface area contributed by atoms with E-state index in [4.69, 9.17) is 5.73 Å². The molecule has 4 nitrogen and oxygen atoms in total. The molecule has 3 rings (SSSR count). The van der Waals surface area contributed by atoms with Crippen LogP contribution in [0.15, 0.2) is 36.5 Å². The number of aryl methyl sites for hydroxylation is 1. The molecular weight excluding hydrogens is 348 g/mol. The van der Waals surface area contributed by atoms with Gasteiger partial charge in [0.05, 0.1) is 6.04 Å². The van der Waals surface area contributed by atoms with Gasteiger partial charge < -0.3 is 11.1 Å². The topological polar surface area (TPSA) is 68.0 Å². The van der Waals surface area contributed by atoms with Crippen molar-refractivity contribution in [1.29, 1.82) is 0 Å². The summed E-state index contributed by atoms with van der Waals surface area (Å²) in [6.45, 7) is 1.78. The van der Waals surface area contributed by atoms with E-state index in [2.05, 4.69) is 10.3 Å². The highest BCUT2D eigenvalue weighted by Gasteiger charge is 2.26. The van der Waals surface area contributed by atoms with Gasteiger partial charge in [0.2, 0.25) is 5.91 Å². The number of hydrogen-bond acceptors (Lipinski definition) is 3. The van der Waals surface area contributed by atoms with Crippen LogP contribution in [-0.4, -0.2) is 16.9 Å². The number of halogens is 2. The maximum Gasteiger partial charge on any atom is 0.280 e. The number of nitrogens with one attached hydrogen (secondary N) is 1. The molecule has 0 saturated heterocycles. The summed E-state index contributed by atoms with van der Waals surface area (Å²) in [6.07, 6.45) is 4.18. The van der Waals surface area contributed by atoms with Crippen LogP contribution in [0.4, 0.5) is 14.5 Å². The van der Waals surface area contributed by atoms with Crippen molar-refractivity contribution in [3.63, 3.8) is 0 Å². The normalized spacial score (nSPS) is 16.3. The van der Waals surface area contributed by atoms with Gasteiger partial charge >= 0.3 is 0 Å². The Morgan fingerprint density at radius 3 is 2.44 bits per heavy atom. The Hall–Kier alpha value is -2.34. The van der Waals surface area contributed by atoms with Crippen LogP contribution in [0.2, 0.25) is 0 Å². The standard InChI is InChI=1S/C21H25F2N3O/c1-13-11-12-25-19(20(22)23)17(13)14-7-9-16(10-8-14)26-21(27)18(24)15-5-3-2-4-6-15/h7-12,15,18,20H,2-6,24H2,1H3,(H,26,27). The van der Waals surface area contributed by atoms with Crippen molar-refractivity contribution >= 4 is 11.6 Å². The van der Waals surface area contributed by atoms with E-state index >= 15 is 0 Å². The molecule has 1 amide bonds. The number of nitrogens with zero attached hydrogens (tertiary/aromatic N) is 1. The molecule has 1 aliphatic carbocycles. The molecule has 0 spiro atoms. The number of carbonyl (C=O) groups is 1. The van der Waals surface area contributed by atoms with E-state index in [1.54, 1.807) is 37.3 Å². The van der Waals surface area contributed by atoms with Gasteiger partial charge in [-0.1, -0.05) is 31.4 Å². The number of alkyl halides is 2. The Kier molecular flexibility index (Phi) is 6.16. The van der Waals surface area contributed by atoms with Crippen LogP contribution in [0, 0.1) is 12.8 Å². The number of rotatable bonds is 5. The van der Waals surface area contributed by atoms with Crippen LogP contribution in [-0.2, 0) is 4.79 Å². The second-order valence-electron chi connectivity index (χ2n) is 7.18. The highest BCUT2D eigenvalue weighted by Crippen LogP contribution is 2.33. The number of nitrogens with two attached hydrogens (primary N) is 1. The summed E-state index contributed by atoms with van der Waals surface area (Å²) in [7, 11) is 0. The molecule has 1 heterocycles. The smallest absolute Gasteiger partial charge is 0.280 e. The third-order valence-corrected chi connectivity index (χ3v) is 5.30. The van der Waals surface area contributed by atoms with Crippen molar-refractivity contribution in [3.05, 3.63) is 47.8 Å². The Bertz CT molecular complexity index is 787. The van der Waals surface area contributed by atoms with Gasteiger partial charge in [0, 0.05) is 17.4 Å². The zero-order valence-electron chi connectivity index (χ0n) is 15.4. The molecule has 144 valence electrons. The van der Waals surface area contributed by atoms with E-state index in [0.29, 0.717) is 16.8 Å². The molecule has 1 atom stereocenters. The van der Waals surface area contributed by atoms with Crippen LogP contribution in [0.5, 0.6) is 0 Å². The third-order valence-electron chi connectivity index (χ3n) is 5.30. The van der Waals surface area contributed by atoms with Crippen molar-refractivity contribution in [3.8, 4) is 11.1 Å². The van der Waals surface area contributed by atoms with Gasteiger partial charge in [-0.05, 0) is 55.0 Å². The predicted octanol–water partition coefficient (Wildman–Crippen LogP) is 4.84. The molecule has 0 bridgehead atoms. The zero-order chi connectivity index (χ0) is 19.4. The first kappa shape index (κ1) is 19.4. The molecule has 0 radical (unpaired) electrons. The zero-order valence-corrected chi connectivity index (χ0v) is 15.4. The first-order chi connectivity index (χ1) is 13.0. The number of carbonyl (C=O) groups excluding carboxylic acids is 1. The minimum Gasteiger partial charge on any atom is -0.325 e. The first-order valence-electron chi connectivity index (χ1n) is 9.38. The highest BCUT2D eigenvalue weighted by atomic mass is 19.3. The second kappa shape index (κ2) is 8.57. The summed E-state index contributed by atoms with van der Waals surface area (Å²) < 4.78 is 26.6. The molecule has 2 aromatic rings. The Morgan fingerprint density at radius 2 is 1.81 bits per heavy atom. The SMILES string of the molecule is Cc1ccnc(C(F)F)c1-c1ccc(NC(=O)C(N)C2CCCCC2)cc1. The van der Waals surface area contributed by atoms with E-state index in [1.807, 2.05) is 0 Å². The molecule has 1 saturated carbocycles. The molecule has 1 aromatic heterocycles. The summed E-state index contributed by atoms with van der Waals surface area (Å²) in [5.41, 5.74) is 8.32. The second-order valence-corrected chi connectivity index (χ2v) is 7.18. The van der Waals surface area contributed by atoms with Crippen LogP contribution < -0.4 is 11.1 Å². The molecule has 1 aromatic carbocycles. The van der Waals surface area contributed by atoms with Gasteiger partial charge in [-0.25, -0.2) is 8.78 Å². The number of hydrogen-bond donors (Lipinski definition) is 2. The summed E-state index contributed by atoms with van der Waals surface area (Å²) in [6, 6.07) is 8.05. The average molecular weight is 373 g/mol. The molecule has 0 aliphatic heterocycles. The number of aromatic nitrogens is 1. The van der Waals surface area contributed by atoms with E-state index < -0.39 is 12.5 Å². The number of anilines is 1. The van der Waals surface area contributed by atoms with Gasteiger partial charge in [0.25, 0.3) is 6.43 Å². The molecule has 27 heavy (non-hydrogen) atoms. The Labute approximate surface area is 158 Å². The van der Waals surface area contributed by atoms with Crippen LogP contribution in [0.25, 0.3) is 11.1 Å². The third kappa shape index (κ3) is 4.50. The average Bonchev–Trinajstić information content (AvgIpc) is 2.68. The van der Waals surface area contributed by atoms with E-state index in [-0.39, 0.29) is 17.5 Å². The van der Waals surface area contributed by atoms with Crippen LogP contribution in [0.3, 0.4) is 0 Å². The fraction of sp³-hybridized carbons (Fsp3) is 0.429. The van der Waals surface area contributed by atoms with Gasteiger partial charge in [0.15, 0.2) is 0 Å². The summed E-state index contributed by atoms with van der Waals surface area (Å²) in [4.78, 5) is 16.2. The van der Waals surface area contributed by atoms with Gasteiger partial charge in [-0.15, -0.1) is 0 Å². The summed E-state index contributed by atoms with van der Waals surface area (Å²) in [5.74, 6) is 0.0325. The minimum atomic E-state index is -2.65. The highest BCUT2D eigenvalue weighted by molar-refractivity contribution is 5.95. The molecule has 1 unspecified atom stereocenters. The van der Waals surface area contributed by atoms with Crippen LogP contribution >= 0.6 is 0 Å². The molecular formula is C21H25F2N3O. The monoisotopic (exact) mass is 373 g/mol. The fourth-order valence-electron chi connectivity index (χ4n) is 3.77. The van der Waals surface area contributed by atoms with Crippen molar-refractivity contribution in [2.75, 3.05) is 5.32 Å². The molecule has 6 heteroatoms. The lowest BCUT2D eigenvalue weighted by Crippen LogP contribution is -2.42. The molecule has 1 aliphatic rings. The summed E-state index contributed by atoms with van der Waals surface area (Å²) in [5, 5.41) is 2.84. The lowest BCUT2D eigenvalue weighted by molar-refractivity contribution is -0.118. The lowest BCUT2D eigenvalue weighted by atomic mass is 9.84. The Balaban J connectivity index is 1.73. The number of amides is 1. The Morgan fingerprint density at radius 1 is 1.15 bits per heavy atom. The maximum absolute atomic E-state index is 13.3. The van der Waals surface area contributed by atoms with Crippen molar-refractivity contribution in [2.24, 2.45) is 11.7 Å². The lowest BCUT2D eigenvalue weighted by Gasteiger charge is -2.26. The van der Waals surface area contributed by atoms with Gasteiger partial charge in [-0.3, -0.25) is 9.78 Å². The minimum absolute atomic E-state index is 0.194. The van der Waals surface area contributed by atoms with E-state index in [9.17, 15) is 13.6 Å². The largest absolute Gasteiger partial charge is 0.325 e. The van der Waals surface area contributed by atoms with Crippen molar-refractivity contribution in [2.45, 2.75) is 51.5 Å². The summed E-state index contributed by atoms with van der Waals surface area (Å²) >= 11 is 0. The molecule has 1 fully saturated rings. The number of benzene rings is 1. The van der Waals surface area contributed by atoms with Gasteiger partial charge in [0.1, 0.15) is 5.69 Å². The van der Waals surface area contributed by atoms with Crippen LogP contribution in [0.1, 0.15) is 49.8 Å². The van der Waals surface area contributed by atoms with Gasteiger partial charge in [-0.2, -0.15) is 0 Å². The van der Waals surface area contributed by atoms with Crippen molar-refractivity contribution in [1.82, 2.24) is 4.98 Å². The number of pyridine rings is 1. The quantitative estimate of drug-likeness (QED) is 0.788. The maximum atomic E-state index is 13.3. The van der Waals surface area contributed by atoms with Crippen molar-refractivity contribution < 1.29 is 13.6 Å². The predicted molar refractivity (Wildman–Crippen MR) is 103 cm³/mol. The van der Waals surface area contributed by atoms with E-state index in [1.165, 1.54) is 12.6 Å². The fourth-order valence-corrected chi connectivity index (χ4v) is 3.77. The molecule has 3 N–H and O–H groups in total. The first-order valence-corrected chi connectivity index (χ1v) is 9.38.